The topological polar surface area (TPSA) is 88.7 Å². The first-order valence-electron chi connectivity index (χ1n) is 7.42. The molecule has 132 valence electrons. The summed E-state index contributed by atoms with van der Waals surface area (Å²) in [5.74, 6) is 0.590. The number of hydrogen-bond acceptors (Lipinski definition) is 4. The Hall–Kier alpha value is -3.24. The van der Waals surface area contributed by atoms with Crippen molar-refractivity contribution in [2.45, 2.75) is 25.7 Å². The van der Waals surface area contributed by atoms with Crippen LogP contribution in [0.2, 0.25) is 0 Å². The molecule has 0 aliphatic carbocycles. The summed E-state index contributed by atoms with van der Waals surface area (Å²) in [6, 6.07) is 6.30. The zero-order chi connectivity index (χ0) is 19.0. The van der Waals surface area contributed by atoms with Gasteiger partial charge in [-0.2, -0.15) is 10.4 Å². The van der Waals surface area contributed by atoms with E-state index >= 15 is 0 Å². The molecule has 0 fully saturated rings. The van der Waals surface area contributed by atoms with Crippen molar-refractivity contribution in [3.63, 3.8) is 0 Å². The maximum absolute atomic E-state index is 13.3. The van der Waals surface area contributed by atoms with E-state index in [0.717, 1.165) is 0 Å². The van der Waals surface area contributed by atoms with Crippen molar-refractivity contribution in [2.75, 3.05) is 0 Å². The lowest BCUT2D eigenvalue weighted by molar-refractivity contribution is 0.185. The van der Waals surface area contributed by atoms with Crippen molar-refractivity contribution in [3.8, 4) is 6.07 Å². The predicted molar refractivity (Wildman–Crippen MR) is 86.9 cm³/mol. The summed E-state index contributed by atoms with van der Waals surface area (Å²) in [5, 5.41) is 24.2. The fourth-order valence-electron chi connectivity index (χ4n) is 2.95. The molecule has 0 amide bonds. The van der Waals surface area contributed by atoms with Gasteiger partial charge in [0.2, 0.25) is 0 Å². The number of nitrogens with zero attached hydrogens (tertiary/aromatic N) is 3. The number of alkyl halides is 4. The number of benzene rings is 1. The second kappa shape index (κ2) is 6.58. The van der Waals surface area contributed by atoms with Gasteiger partial charge in [-0.3, -0.25) is 10.5 Å². The van der Waals surface area contributed by atoms with Gasteiger partial charge in [0.25, 0.3) is 12.9 Å². The Labute approximate surface area is 144 Å². The van der Waals surface area contributed by atoms with E-state index in [4.69, 9.17) is 5.41 Å². The van der Waals surface area contributed by atoms with Crippen LogP contribution in [0.4, 0.5) is 17.6 Å². The molecular weight excluding hydrogens is 350 g/mol. The number of aromatic amines is 1. The van der Waals surface area contributed by atoms with Crippen LogP contribution in [-0.2, 0) is 0 Å². The molecule has 0 spiro atoms. The predicted octanol–water partition coefficient (Wildman–Crippen LogP) is 3.89. The Morgan fingerprint density at radius 2 is 1.96 bits per heavy atom. The lowest BCUT2D eigenvalue weighted by Crippen LogP contribution is -2.26. The monoisotopic (exact) mass is 361 g/mol. The summed E-state index contributed by atoms with van der Waals surface area (Å²) in [7, 11) is 0. The molecule has 5 nitrogen and oxygen atoms in total. The molecule has 9 heteroatoms. The van der Waals surface area contributed by atoms with Crippen molar-refractivity contribution in [2.24, 2.45) is 4.99 Å². The smallest absolute Gasteiger partial charge is 0.281 e. The first-order chi connectivity index (χ1) is 12.4. The van der Waals surface area contributed by atoms with Crippen LogP contribution in [-0.4, -0.2) is 34.6 Å². The number of allylic oxidation sites excluding steroid dienone is 3. The Balaban J connectivity index is 2.30. The fourth-order valence-corrected chi connectivity index (χ4v) is 2.95. The van der Waals surface area contributed by atoms with Gasteiger partial charge < -0.3 is 0 Å². The van der Waals surface area contributed by atoms with Gasteiger partial charge in [-0.25, -0.2) is 22.6 Å². The van der Waals surface area contributed by atoms with Gasteiger partial charge in [0.1, 0.15) is 11.4 Å². The van der Waals surface area contributed by atoms with Crippen LogP contribution in [0, 0.1) is 23.7 Å². The van der Waals surface area contributed by atoms with E-state index in [1.807, 2.05) is 5.87 Å². The van der Waals surface area contributed by atoms with E-state index in [-0.39, 0.29) is 0 Å². The number of hydrogen-bond donors (Lipinski definition) is 2. The lowest BCUT2D eigenvalue weighted by atomic mass is 9.80. The van der Waals surface area contributed by atoms with E-state index in [1.165, 1.54) is 6.07 Å². The SMILES string of the molecule is Cc1[nH]nc2ccc(C3C(=C=N)C(C(F)F)=NC(C(F)F)=C3C#N)cc12. The summed E-state index contributed by atoms with van der Waals surface area (Å²) in [4.78, 5) is 3.27. The van der Waals surface area contributed by atoms with Crippen LogP contribution in [0.1, 0.15) is 17.2 Å². The van der Waals surface area contributed by atoms with Gasteiger partial charge in [-0.15, -0.1) is 0 Å². The molecule has 0 radical (unpaired) electrons. The van der Waals surface area contributed by atoms with Crippen LogP contribution < -0.4 is 0 Å². The average molecular weight is 361 g/mol. The fraction of sp³-hybridized carbons (Fsp3) is 0.235. The molecule has 2 N–H and O–H groups in total. The summed E-state index contributed by atoms with van der Waals surface area (Å²) in [5.41, 5.74) is -1.25. The Morgan fingerprint density at radius 3 is 2.54 bits per heavy atom. The van der Waals surface area contributed by atoms with E-state index in [9.17, 15) is 22.8 Å². The van der Waals surface area contributed by atoms with E-state index < -0.39 is 41.3 Å². The van der Waals surface area contributed by atoms with Crippen LogP contribution in [0.3, 0.4) is 0 Å². The molecule has 2 aromatic rings. The highest BCUT2D eigenvalue weighted by molar-refractivity contribution is 6.12. The molecule has 3 rings (SSSR count). The van der Waals surface area contributed by atoms with Crippen LogP contribution >= 0.6 is 0 Å². The molecule has 1 aliphatic rings. The van der Waals surface area contributed by atoms with Crippen molar-refractivity contribution in [1.82, 2.24) is 10.2 Å². The molecule has 1 aliphatic heterocycles. The quantitative estimate of drug-likeness (QED) is 0.642. The summed E-state index contributed by atoms with van der Waals surface area (Å²) in [6.07, 6.45) is -6.38. The maximum atomic E-state index is 13.3. The molecule has 0 bridgehead atoms. The minimum atomic E-state index is -3.20. The van der Waals surface area contributed by atoms with Crippen LogP contribution in [0.15, 0.2) is 40.0 Å². The number of nitriles is 1. The highest BCUT2D eigenvalue weighted by Crippen LogP contribution is 2.40. The van der Waals surface area contributed by atoms with Crippen molar-refractivity contribution < 1.29 is 17.6 Å². The zero-order valence-corrected chi connectivity index (χ0v) is 13.3. The molecule has 1 aromatic carbocycles. The van der Waals surface area contributed by atoms with Crippen LogP contribution in [0.25, 0.3) is 10.9 Å². The molecule has 0 saturated carbocycles. The Morgan fingerprint density at radius 1 is 1.23 bits per heavy atom. The molecule has 1 unspecified atom stereocenters. The summed E-state index contributed by atoms with van der Waals surface area (Å²) < 4.78 is 53.3. The minimum absolute atomic E-state index is 0.305. The van der Waals surface area contributed by atoms with Crippen molar-refractivity contribution in [3.05, 3.63) is 46.3 Å². The third-order valence-corrected chi connectivity index (χ3v) is 4.14. The number of nitrogens with one attached hydrogen (secondary N) is 2. The first-order valence-corrected chi connectivity index (χ1v) is 7.42. The van der Waals surface area contributed by atoms with Crippen LogP contribution in [0.5, 0.6) is 0 Å². The van der Waals surface area contributed by atoms with E-state index in [1.54, 1.807) is 25.1 Å². The third kappa shape index (κ3) is 2.70. The lowest BCUT2D eigenvalue weighted by Gasteiger charge is -2.25. The molecular formula is C17H11F4N5. The van der Waals surface area contributed by atoms with Gasteiger partial charge in [0.15, 0.2) is 0 Å². The average Bonchev–Trinajstić information content (AvgIpc) is 2.99. The highest BCUT2D eigenvalue weighted by Gasteiger charge is 2.38. The molecule has 2 heterocycles. The van der Waals surface area contributed by atoms with Crippen molar-refractivity contribution in [1.29, 1.82) is 10.7 Å². The van der Waals surface area contributed by atoms with Gasteiger partial charge in [0, 0.05) is 11.1 Å². The Kier molecular flexibility index (Phi) is 4.45. The number of aryl methyl sites for hydroxylation is 1. The first kappa shape index (κ1) is 17.6. The molecule has 1 aromatic heterocycles. The van der Waals surface area contributed by atoms with E-state index in [0.29, 0.717) is 22.2 Å². The second-order valence-electron chi connectivity index (χ2n) is 5.61. The molecule has 26 heavy (non-hydrogen) atoms. The van der Waals surface area contributed by atoms with Gasteiger partial charge in [-0.05, 0) is 30.5 Å². The Bertz CT molecular complexity index is 1040. The number of fused-ring (bicyclic) bond motifs is 1. The largest absolute Gasteiger partial charge is 0.282 e. The third-order valence-electron chi connectivity index (χ3n) is 4.14. The summed E-state index contributed by atoms with van der Waals surface area (Å²) >= 11 is 0. The standard InChI is InChI=1S/C17H11F4N5/c1-7-9-4-8(2-3-12(9)26-25-7)13-10(5-22)14(16(18)19)24-15(17(20)21)11(13)6-23/h2-4,13,16-17,22H,1H3,(H,25,26). The molecule has 0 saturated heterocycles. The number of aromatic nitrogens is 2. The zero-order valence-electron chi connectivity index (χ0n) is 13.3. The maximum Gasteiger partial charge on any atom is 0.281 e. The van der Waals surface area contributed by atoms with Gasteiger partial charge >= 0.3 is 0 Å². The minimum Gasteiger partial charge on any atom is -0.282 e. The molecule has 1 atom stereocenters. The van der Waals surface area contributed by atoms with Gasteiger partial charge in [0.05, 0.1) is 28.7 Å². The van der Waals surface area contributed by atoms with Crippen molar-refractivity contribution >= 4 is 22.5 Å². The number of rotatable bonds is 3. The summed E-state index contributed by atoms with van der Waals surface area (Å²) in [6.45, 7) is 1.74. The number of halogens is 4. The highest BCUT2D eigenvalue weighted by atomic mass is 19.3. The number of aliphatic imine (C=N–C) groups is 1. The van der Waals surface area contributed by atoms with E-state index in [2.05, 4.69) is 15.2 Å². The number of H-pyrrole nitrogens is 1. The normalized spacial score (nSPS) is 17.7. The van der Waals surface area contributed by atoms with Gasteiger partial charge in [-0.1, -0.05) is 6.07 Å². The second-order valence-corrected chi connectivity index (χ2v) is 5.61.